The Morgan fingerprint density at radius 3 is 2.48 bits per heavy atom. The molecule has 5 nitrogen and oxygen atoms in total. The number of amides is 2. The highest BCUT2D eigenvalue weighted by atomic mass is 19.1. The number of nitrogens with zero attached hydrogens (tertiary/aromatic N) is 2. The number of hydrogen-bond donors (Lipinski definition) is 2. The highest BCUT2D eigenvalue weighted by Crippen LogP contribution is 2.42. The number of benzene rings is 2. The normalized spacial score (nSPS) is 25.0. The fourth-order valence-electron chi connectivity index (χ4n) is 5.06. The molecule has 0 unspecified atom stereocenters. The summed E-state index contributed by atoms with van der Waals surface area (Å²) in [5, 5.41) is 13.0. The third-order valence-electron chi connectivity index (χ3n) is 7.05. The molecule has 2 aromatic carbocycles. The standard InChI is InChI=1S/C27H30FN3O2/c28-22-11-13-23(14-12-22)29-27(33)30-15-1-2-16-31-24(17-30)26(25(31)18-32)21-9-7-20(8-10-21)6-5-19-3-4-19/h7-14,19,24-26,32H,1-4,15-18H2,(H,29,33)/t24-,25-,26-/m1/s1. The first-order valence-electron chi connectivity index (χ1n) is 11.9. The first-order valence-corrected chi connectivity index (χ1v) is 11.9. The maximum absolute atomic E-state index is 13.2. The molecule has 0 spiro atoms. The molecule has 33 heavy (non-hydrogen) atoms. The molecule has 1 saturated carbocycles. The van der Waals surface area contributed by atoms with Crippen molar-refractivity contribution in [3.05, 3.63) is 65.5 Å². The van der Waals surface area contributed by atoms with Gasteiger partial charge in [-0.25, -0.2) is 9.18 Å². The third-order valence-corrected chi connectivity index (χ3v) is 7.05. The van der Waals surface area contributed by atoms with Gasteiger partial charge < -0.3 is 15.3 Å². The van der Waals surface area contributed by atoms with Gasteiger partial charge in [0, 0.05) is 48.3 Å². The van der Waals surface area contributed by atoms with E-state index in [2.05, 4.69) is 46.3 Å². The molecule has 3 fully saturated rings. The van der Waals surface area contributed by atoms with E-state index in [1.165, 1.54) is 30.5 Å². The fraction of sp³-hybridized carbons (Fsp3) is 0.444. The molecule has 3 aliphatic rings. The van der Waals surface area contributed by atoms with Gasteiger partial charge in [-0.2, -0.15) is 0 Å². The molecule has 2 N–H and O–H groups in total. The Balaban J connectivity index is 1.31. The van der Waals surface area contributed by atoms with E-state index in [4.69, 9.17) is 0 Å². The average Bonchev–Trinajstić information content (AvgIpc) is 3.63. The zero-order valence-electron chi connectivity index (χ0n) is 18.7. The molecule has 0 aromatic heterocycles. The van der Waals surface area contributed by atoms with Crippen LogP contribution in [0.1, 0.15) is 42.7 Å². The van der Waals surface area contributed by atoms with Crippen LogP contribution >= 0.6 is 0 Å². The van der Waals surface area contributed by atoms with E-state index in [0.717, 1.165) is 24.9 Å². The Bertz CT molecular complexity index is 1040. The summed E-state index contributed by atoms with van der Waals surface area (Å²) in [5.41, 5.74) is 2.80. The van der Waals surface area contributed by atoms with E-state index in [1.54, 1.807) is 12.1 Å². The Morgan fingerprint density at radius 2 is 1.79 bits per heavy atom. The van der Waals surface area contributed by atoms with Crippen molar-refractivity contribution in [3.8, 4) is 11.8 Å². The Morgan fingerprint density at radius 1 is 1.06 bits per heavy atom. The largest absolute Gasteiger partial charge is 0.395 e. The molecule has 2 heterocycles. The van der Waals surface area contributed by atoms with E-state index in [0.29, 0.717) is 24.7 Å². The zero-order chi connectivity index (χ0) is 22.8. The van der Waals surface area contributed by atoms with Crippen molar-refractivity contribution < 1.29 is 14.3 Å². The monoisotopic (exact) mass is 447 g/mol. The predicted octanol–water partition coefficient (Wildman–Crippen LogP) is 4.04. The highest BCUT2D eigenvalue weighted by Gasteiger charge is 2.49. The third kappa shape index (κ3) is 4.90. The van der Waals surface area contributed by atoms with Crippen molar-refractivity contribution in [1.82, 2.24) is 9.80 Å². The lowest BCUT2D eigenvalue weighted by Gasteiger charge is -2.57. The second-order valence-corrected chi connectivity index (χ2v) is 9.34. The summed E-state index contributed by atoms with van der Waals surface area (Å²) in [6.07, 6.45) is 4.33. The number of halogens is 1. The number of carbonyl (C=O) groups excluding carboxylic acids is 1. The SMILES string of the molecule is O=C(Nc1ccc(F)cc1)N1CCCCN2[C@H](CO)[C@H](c3ccc(C#CC4CC4)cc3)[C@H]2C1. The number of nitrogens with one attached hydrogen (secondary N) is 1. The first-order chi connectivity index (χ1) is 16.1. The predicted molar refractivity (Wildman–Crippen MR) is 126 cm³/mol. The number of carbonyl (C=O) groups is 1. The van der Waals surface area contributed by atoms with Crippen molar-refractivity contribution in [2.75, 3.05) is 31.6 Å². The van der Waals surface area contributed by atoms with Crippen molar-refractivity contribution in [2.45, 2.75) is 43.7 Å². The van der Waals surface area contributed by atoms with Crippen molar-refractivity contribution in [2.24, 2.45) is 5.92 Å². The number of aliphatic hydroxyl groups excluding tert-OH is 1. The topological polar surface area (TPSA) is 55.8 Å². The molecule has 0 radical (unpaired) electrons. The maximum atomic E-state index is 13.2. The van der Waals surface area contributed by atoms with Crippen LogP contribution in [0.25, 0.3) is 0 Å². The van der Waals surface area contributed by atoms with Gasteiger partial charge in [0.1, 0.15) is 5.82 Å². The summed E-state index contributed by atoms with van der Waals surface area (Å²) in [7, 11) is 0. The van der Waals surface area contributed by atoms with Gasteiger partial charge >= 0.3 is 6.03 Å². The van der Waals surface area contributed by atoms with E-state index in [-0.39, 0.29) is 36.5 Å². The Kier molecular flexibility index (Phi) is 6.34. The molecular weight excluding hydrogens is 417 g/mol. The van der Waals surface area contributed by atoms with Gasteiger partial charge in [0.25, 0.3) is 0 Å². The molecule has 0 bridgehead atoms. The lowest BCUT2D eigenvalue weighted by atomic mass is 9.74. The minimum absolute atomic E-state index is 0.0681. The molecular formula is C27H30FN3O2. The van der Waals surface area contributed by atoms with Gasteiger partial charge in [-0.1, -0.05) is 24.0 Å². The first kappa shape index (κ1) is 21.9. The molecule has 2 aromatic rings. The van der Waals surface area contributed by atoms with Crippen LogP contribution in [-0.4, -0.2) is 59.3 Å². The lowest BCUT2D eigenvalue weighted by Crippen LogP contribution is -2.68. The molecule has 5 rings (SSSR count). The van der Waals surface area contributed by atoms with Crippen LogP contribution in [0.2, 0.25) is 0 Å². The van der Waals surface area contributed by atoms with Crippen LogP contribution in [0.4, 0.5) is 14.9 Å². The Hall–Kier alpha value is -2.88. The lowest BCUT2D eigenvalue weighted by molar-refractivity contribution is -0.0585. The highest BCUT2D eigenvalue weighted by molar-refractivity contribution is 5.89. The van der Waals surface area contributed by atoms with E-state index in [1.807, 2.05) is 4.90 Å². The van der Waals surface area contributed by atoms with Gasteiger partial charge in [0.2, 0.25) is 0 Å². The number of hydrogen-bond acceptors (Lipinski definition) is 3. The van der Waals surface area contributed by atoms with Gasteiger partial charge in [0.05, 0.1) is 6.61 Å². The van der Waals surface area contributed by atoms with Crippen LogP contribution < -0.4 is 5.32 Å². The number of fused-ring (bicyclic) bond motifs is 1. The number of urea groups is 1. The molecule has 172 valence electrons. The maximum Gasteiger partial charge on any atom is 0.321 e. The molecule has 1 aliphatic carbocycles. The summed E-state index contributed by atoms with van der Waals surface area (Å²) >= 11 is 0. The van der Waals surface area contributed by atoms with E-state index < -0.39 is 0 Å². The van der Waals surface area contributed by atoms with Crippen molar-refractivity contribution >= 4 is 11.7 Å². The molecule has 2 aliphatic heterocycles. The summed E-state index contributed by atoms with van der Waals surface area (Å²) in [6, 6.07) is 14.3. The minimum Gasteiger partial charge on any atom is -0.395 e. The Labute approximate surface area is 194 Å². The number of aliphatic hydroxyl groups is 1. The molecule has 6 heteroatoms. The van der Waals surface area contributed by atoms with Crippen LogP contribution in [0, 0.1) is 23.6 Å². The zero-order valence-corrected chi connectivity index (χ0v) is 18.7. The van der Waals surface area contributed by atoms with E-state index in [9.17, 15) is 14.3 Å². The summed E-state index contributed by atoms with van der Waals surface area (Å²) in [4.78, 5) is 17.2. The minimum atomic E-state index is -0.327. The smallest absolute Gasteiger partial charge is 0.321 e. The van der Waals surface area contributed by atoms with Gasteiger partial charge in [-0.15, -0.1) is 0 Å². The quantitative estimate of drug-likeness (QED) is 0.699. The summed E-state index contributed by atoms with van der Waals surface area (Å²) in [6.45, 7) is 2.32. The van der Waals surface area contributed by atoms with Gasteiger partial charge in [-0.05, 0) is 74.2 Å². The van der Waals surface area contributed by atoms with Crippen molar-refractivity contribution in [1.29, 1.82) is 0 Å². The van der Waals surface area contributed by atoms with Crippen LogP contribution in [0.15, 0.2) is 48.5 Å². The van der Waals surface area contributed by atoms with Crippen LogP contribution in [0.3, 0.4) is 0 Å². The second-order valence-electron chi connectivity index (χ2n) is 9.34. The van der Waals surface area contributed by atoms with Gasteiger partial charge in [-0.3, -0.25) is 4.90 Å². The van der Waals surface area contributed by atoms with Crippen LogP contribution in [0.5, 0.6) is 0 Å². The molecule has 3 atom stereocenters. The summed E-state index contributed by atoms with van der Waals surface area (Å²) in [5.74, 6) is 6.98. The summed E-state index contributed by atoms with van der Waals surface area (Å²) < 4.78 is 13.2. The number of anilines is 1. The second kappa shape index (κ2) is 9.54. The number of rotatable bonds is 3. The van der Waals surface area contributed by atoms with Crippen molar-refractivity contribution in [3.63, 3.8) is 0 Å². The molecule has 2 saturated heterocycles. The van der Waals surface area contributed by atoms with E-state index >= 15 is 0 Å². The molecule has 2 amide bonds. The average molecular weight is 448 g/mol. The van der Waals surface area contributed by atoms with Gasteiger partial charge in [0.15, 0.2) is 0 Å². The fourth-order valence-corrected chi connectivity index (χ4v) is 5.06. The van der Waals surface area contributed by atoms with Crippen LogP contribution in [-0.2, 0) is 0 Å².